The van der Waals surface area contributed by atoms with Crippen LogP contribution in [0.1, 0.15) is 166 Å². The van der Waals surface area contributed by atoms with Crippen molar-refractivity contribution in [3.63, 3.8) is 0 Å². The summed E-state index contributed by atoms with van der Waals surface area (Å²) in [5.41, 5.74) is 23.0. The number of fused-ring (bicyclic) bond motifs is 10. The van der Waals surface area contributed by atoms with Crippen molar-refractivity contribution in [1.82, 2.24) is 0 Å². The highest BCUT2D eigenvalue weighted by Gasteiger charge is 2.65. The normalized spacial score (nSPS) is 24.8. The number of benzene rings is 7. The van der Waals surface area contributed by atoms with Crippen molar-refractivity contribution in [2.45, 2.75) is 166 Å². The molecule has 3 nitrogen and oxygen atoms in total. The summed E-state index contributed by atoms with van der Waals surface area (Å²) in [4.78, 5) is 8.52. The van der Waals surface area contributed by atoms with Crippen molar-refractivity contribution < 1.29 is 0 Å². The summed E-state index contributed by atoms with van der Waals surface area (Å²) in [5.74, 6) is 0. The van der Waals surface area contributed by atoms with E-state index in [9.17, 15) is 0 Å². The van der Waals surface area contributed by atoms with Crippen LogP contribution >= 0.6 is 0 Å². The fraction of sp³-hybridized carbons (Fsp3) is 0.382. The zero-order chi connectivity index (χ0) is 50.0. The van der Waals surface area contributed by atoms with Gasteiger partial charge in [0, 0.05) is 50.6 Å². The van der Waals surface area contributed by atoms with Crippen molar-refractivity contribution in [3.05, 3.63) is 191 Å². The van der Waals surface area contributed by atoms with Gasteiger partial charge in [0.2, 0.25) is 0 Å². The highest BCUT2D eigenvalue weighted by molar-refractivity contribution is 7.00. The van der Waals surface area contributed by atoms with Crippen molar-refractivity contribution >= 4 is 62.9 Å². The molecule has 4 atom stereocenters. The molecule has 4 aliphatic heterocycles. The summed E-state index contributed by atoms with van der Waals surface area (Å²) in [6.07, 6.45) is 9.36. The standard InChI is InChI=1S/C68H74BN3/c1-62(2,3)45-29-33-50(34-30-45)70-57-36-32-49(64(7,8)9)42-55(57)69-54-28-22-27-52-61(54)72(66(11)38-19-20-39-67(52,66)46-23-14-12-15-24-46)59-44-51(43-58(70)60(59)69)71-56-35-31-48(63(4,5)6)41-53(56)68(47-25-16-13-17-26-47)40-21-18-37-65(68,71)10/h12-17,22-36,41-44H,18-21,37-40H2,1-11H3. The van der Waals surface area contributed by atoms with E-state index in [2.05, 4.69) is 243 Å². The Morgan fingerprint density at radius 1 is 0.403 bits per heavy atom. The molecule has 2 fully saturated rings. The minimum absolute atomic E-state index is 0.0151. The van der Waals surface area contributed by atoms with E-state index >= 15 is 0 Å². The van der Waals surface area contributed by atoms with E-state index in [-0.39, 0.29) is 44.9 Å². The smallest absolute Gasteiger partial charge is 0.252 e. The second-order valence-electron chi connectivity index (χ2n) is 26.4. The molecular weight excluding hydrogens is 870 g/mol. The summed E-state index contributed by atoms with van der Waals surface area (Å²) in [6.45, 7) is 26.6. The predicted octanol–water partition coefficient (Wildman–Crippen LogP) is 15.7. The molecule has 4 unspecified atom stereocenters. The molecule has 4 heteroatoms. The lowest BCUT2D eigenvalue weighted by molar-refractivity contribution is 0.214. The predicted molar refractivity (Wildman–Crippen MR) is 307 cm³/mol. The van der Waals surface area contributed by atoms with Gasteiger partial charge >= 0.3 is 0 Å². The number of anilines is 7. The van der Waals surface area contributed by atoms with Gasteiger partial charge in [-0.25, -0.2) is 0 Å². The van der Waals surface area contributed by atoms with Crippen LogP contribution in [0.3, 0.4) is 0 Å². The van der Waals surface area contributed by atoms with Gasteiger partial charge < -0.3 is 14.7 Å². The number of nitrogens with zero attached hydrogens (tertiary/aromatic N) is 3. The first-order valence-electron chi connectivity index (χ1n) is 27.6. The van der Waals surface area contributed by atoms with Gasteiger partial charge in [-0.1, -0.05) is 203 Å². The highest BCUT2D eigenvalue weighted by Crippen LogP contribution is 2.67. The average molecular weight is 944 g/mol. The summed E-state index contributed by atoms with van der Waals surface area (Å²) in [6, 6.07) is 60.9. The van der Waals surface area contributed by atoms with Gasteiger partial charge in [0.15, 0.2) is 0 Å². The van der Waals surface area contributed by atoms with E-state index < -0.39 is 0 Å². The SMILES string of the molecule is CC(C)(C)c1ccc(N2c3ccc(C(C)(C)C)cc3B3c4cccc5c4N(c4cc(N6c7ccc(C(C)(C)C)cc7C7(c8ccccc8)CCCCC67C)cc2c43)C2(C)CCCCC52c2ccccc2)cc1. The van der Waals surface area contributed by atoms with Crippen molar-refractivity contribution in [2.75, 3.05) is 14.7 Å². The highest BCUT2D eigenvalue weighted by atomic mass is 15.3. The zero-order valence-corrected chi connectivity index (χ0v) is 45.0. The van der Waals surface area contributed by atoms with Crippen LogP contribution in [0, 0.1) is 0 Å². The van der Waals surface area contributed by atoms with Gasteiger partial charge in [0.1, 0.15) is 0 Å². The molecule has 0 aromatic heterocycles. The summed E-state index contributed by atoms with van der Waals surface area (Å²) >= 11 is 0. The Kier molecular flexibility index (Phi) is 9.73. The molecule has 364 valence electrons. The maximum absolute atomic E-state index is 2.95. The zero-order valence-electron chi connectivity index (χ0n) is 45.0. The molecule has 0 spiro atoms. The molecule has 2 aliphatic carbocycles. The Bertz CT molecular complexity index is 3320. The van der Waals surface area contributed by atoms with E-state index in [4.69, 9.17) is 0 Å². The maximum atomic E-state index is 2.95. The Balaban J connectivity index is 1.16. The van der Waals surface area contributed by atoms with Crippen LogP contribution in [0.25, 0.3) is 0 Å². The monoisotopic (exact) mass is 944 g/mol. The first-order valence-corrected chi connectivity index (χ1v) is 27.6. The molecular formula is C68H74BN3. The van der Waals surface area contributed by atoms with Crippen molar-refractivity contribution in [1.29, 1.82) is 0 Å². The van der Waals surface area contributed by atoms with Crippen LogP contribution in [0.15, 0.2) is 152 Å². The third-order valence-corrected chi connectivity index (χ3v) is 19.5. The van der Waals surface area contributed by atoms with E-state index in [1.807, 2.05) is 0 Å². The largest absolute Gasteiger partial charge is 0.335 e. The van der Waals surface area contributed by atoms with E-state index in [1.165, 1.54) is 121 Å². The molecule has 13 rings (SSSR count). The minimum Gasteiger partial charge on any atom is -0.335 e. The molecule has 0 amide bonds. The minimum atomic E-state index is -0.232. The Morgan fingerprint density at radius 2 is 0.917 bits per heavy atom. The van der Waals surface area contributed by atoms with Crippen LogP contribution < -0.4 is 31.1 Å². The second-order valence-corrected chi connectivity index (χ2v) is 26.4. The Morgan fingerprint density at radius 3 is 1.51 bits per heavy atom. The van der Waals surface area contributed by atoms with E-state index in [1.54, 1.807) is 0 Å². The fourth-order valence-electron chi connectivity index (χ4n) is 15.9. The first kappa shape index (κ1) is 45.8. The van der Waals surface area contributed by atoms with Gasteiger partial charge in [-0.05, 0) is 148 Å². The van der Waals surface area contributed by atoms with Crippen LogP contribution in [0.4, 0.5) is 39.8 Å². The molecule has 0 saturated heterocycles. The third-order valence-electron chi connectivity index (χ3n) is 19.5. The molecule has 2 saturated carbocycles. The topological polar surface area (TPSA) is 9.72 Å². The molecule has 0 radical (unpaired) electrons. The van der Waals surface area contributed by atoms with Crippen LogP contribution in [0.2, 0.25) is 0 Å². The lowest BCUT2D eigenvalue weighted by Gasteiger charge is -2.55. The fourth-order valence-corrected chi connectivity index (χ4v) is 15.9. The number of hydrogen-bond acceptors (Lipinski definition) is 3. The lowest BCUT2D eigenvalue weighted by atomic mass is 9.33. The second kappa shape index (κ2) is 15.3. The molecule has 7 aromatic carbocycles. The van der Waals surface area contributed by atoms with Gasteiger partial charge in [-0.2, -0.15) is 0 Å². The average Bonchev–Trinajstić information content (AvgIpc) is 3.75. The first-order chi connectivity index (χ1) is 34.3. The molecule has 0 N–H and O–H groups in total. The van der Waals surface area contributed by atoms with Gasteiger partial charge in [-0.3, -0.25) is 0 Å². The van der Waals surface area contributed by atoms with E-state index in [0.717, 1.165) is 25.7 Å². The quantitative estimate of drug-likeness (QED) is 0.163. The molecule has 6 aliphatic rings. The summed E-state index contributed by atoms with van der Waals surface area (Å²) in [7, 11) is 0. The third kappa shape index (κ3) is 5.99. The number of rotatable bonds is 4. The van der Waals surface area contributed by atoms with Crippen LogP contribution in [-0.2, 0) is 27.1 Å². The van der Waals surface area contributed by atoms with Crippen molar-refractivity contribution in [3.8, 4) is 0 Å². The van der Waals surface area contributed by atoms with Crippen LogP contribution in [-0.4, -0.2) is 17.8 Å². The molecule has 0 bridgehead atoms. The van der Waals surface area contributed by atoms with Gasteiger partial charge in [0.25, 0.3) is 6.71 Å². The molecule has 7 aromatic rings. The summed E-state index contributed by atoms with van der Waals surface area (Å²) in [5, 5.41) is 0. The Hall–Kier alpha value is -6.00. The number of para-hydroxylation sites is 1. The maximum Gasteiger partial charge on any atom is 0.252 e. The summed E-state index contributed by atoms with van der Waals surface area (Å²) < 4.78 is 0. The van der Waals surface area contributed by atoms with E-state index in [0.29, 0.717) is 0 Å². The number of hydrogen-bond donors (Lipinski definition) is 0. The van der Waals surface area contributed by atoms with Gasteiger partial charge in [0.05, 0.1) is 11.1 Å². The van der Waals surface area contributed by atoms with Crippen molar-refractivity contribution in [2.24, 2.45) is 0 Å². The molecule has 72 heavy (non-hydrogen) atoms. The van der Waals surface area contributed by atoms with Crippen LogP contribution in [0.5, 0.6) is 0 Å². The molecule has 4 heterocycles. The Labute approximate surface area is 431 Å². The van der Waals surface area contributed by atoms with Gasteiger partial charge in [-0.15, -0.1) is 0 Å². The lowest BCUT2D eigenvalue weighted by Crippen LogP contribution is -2.65.